The van der Waals surface area contributed by atoms with Gasteiger partial charge in [0.05, 0.1) is 6.10 Å². The van der Waals surface area contributed by atoms with E-state index in [2.05, 4.69) is 5.32 Å². The summed E-state index contributed by atoms with van der Waals surface area (Å²) in [4.78, 5) is 38.6. The Hall–Kier alpha value is -1.79. The van der Waals surface area contributed by atoms with E-state index in [9.17, 15) is 14.4 Å². The maximum atomic E-state index is 12.2. The highest BCUT2D eigenvalue weighted by Crippen LogP contribution is 2.09. The van der Waals surface area contributed by atoms with Gasteiger partial charge in [-0.15, -0.1) is 0 Å². The second kappa shape index (κ2) is 8.00. The van der Waals surface area contributed by atoms with Crippen molar-refractivity contribution in [1.82, 2.24) is 15.1 Å². The van der Waals surface area contributed by atoms with Crippen molar-refractivity contribution in [2.75, 3.05) is 20.1 Å². The fourth-order valence-corrected chi connectivity index (χ4v) is 2.21. The van der Waals surface area contributed by atoms with Crippen LogP contribution in [0.4, 0.5) is 4.79 Å². The predicted octanol–water partition coefficient (Wildman–Crippen LogP) is 0.979. The predicted molar refractivity (Wildman–Crippen MR) is 82.3 cm³/mol. The first kappa shape index (κ1) is 18.3. The number of hydrogen-bond donors (Lipinski definition) is 1. The van der Waals surface area contributed by atoms with Crippen LogP contribution in [0.3, 0.4) is 0 Å². The smallest absolute Gasteiger partial charge is 0.318 e. The Kier molecular flexibility index (Phi) is 6.64. The van der Waals surface area contributed by atoms with Gasteiger partial charge >= 0.3 is 12.0 Å². The Morgan fingerprint density at radius 1 is 1.36 bits per heavy atom. The van der Waals surface area contributed by atoms with Crippen LogP contribution in [0, 0.1) is 0 Å². The molecule has 0 spiro atoms. The molecule has 1 N–H and O–H groups in total. The molecule has 0 bridgehead atoms. The van der Waals surface area contributed by atoms with Gasteiger partial charge in [0.1, 0.15) is 6.54 Å². The second-order valence-corrected chi connectivity index (χ2v) is 6.16. The normalized spacial score (nSPS) is 20.1. The lowest BCUT2D eigenvalue weighted by atomic mass is 10.2. The summed E-state index contributed by atoms with van der Waals surface area (Å²) in [7, 11) is 1.74. The highest BCUT2D eigenvalue weighted by atomic mass is 16.5. The molecule has 1 fully saturated rings. The van der Waals surface area contributed by atoms with E-state index in [-0.39, 0.29) is 49.1 Å². The molecule has 2 atom stereocenters. The van der Waals surface area contributed by atoms with Crippen molar-refractivity contribution in [2.45, 2.75) is 58.7 Å². The monoisotopic (exact) mass is 313 g/mol. The minimum absolute atomic E-state index is 0.00308. The number of nitrogens with zero attached hydrogens (tertiary/aromatic N) is 2. The molecule has 0 radical (unpaired) electrons. The van der Waals surface area contributed by atoms with Gasteiger partial charge in [0.15, 0.2) is 0 Å². The van der Waals surface area contributed by atoms with Crippen molar-refractivity contribution in [1.29, 1.82) is 0 Å². The van der Waals surface area contributed by atoms with Gasteiger partial charge in [-0.25, -0.2) is 4.79 Å². The molecular weight excluding hydrogens is 286 g/mol. The highest BCUT2D eigenvalue weighted by Gasteiger charge is 2.30. The van der Waals surface area contributed by atoms with Crippen molar-refractivity contribution in [3.8, 4) is 0 Å². The van der Waals surface area contributed by atoms with Crippen LogP contribution >= 0.6 is 0 Å². The molecular formula is C15H27N3O4. The Morgan fingerprint density at radius 3 is 2.55 bits per heavy atom. The number of carbonyl (C=O) groups excluding carboxylic acids is 3. The Balaban J connectivity index is 2.38. The van der Waals surface area contributed by atoms with Gasteiger partial charge < -0.3 is 19.9 Å². The molecule has 1 saturated heterocycles. The molecule has 1 aliphatic rings. The second-order valence-electron chi connectivity index (χ2n) is 6.16. The van der Waals surface area contributed by atoms with Crippen LogP contribution in [-0.2, 0) is 14.3 Å². The van der Waals surface area contributed by atoms with E-state index in [1.165, 1.54) is 4.90 Å². The van der Waals surface area contributed by atoms with E-state index in [1.54, 1.807) is 25.8 Å². The van der Waals surface area contributed by atoms with E-state index in [0.717, 1.165) is 0 Å². The summed E-state index contributed by atoms with van der Waals surface area (Å²) < 4.78 is 5.05. The SMILES string of the molecule is CC(C)OC(=O)CC[C@@H](C)NC(=O)N1CC(=O)N(C)[C@@H](C)C1. The van der Waals surface area contributed by atoms with Crippen LogP contribution in [0.1, 0.15) is 40.5 Å². The fraction of sp³-hybridized carbons (Fsp3) is 0.800. The minimum Gasteiger partial charge on any atom is -0.463 e. The third-order valence-corrected chi connectivity index (χ3v) is 3.67. The molecule has 0 aliphatic carbocycles. The zero-order chi connectivity index (χ0) is 16.9. The average molecular weight is 313 g/mol. The largest absolute Gasteiger partial charge is 0.463 e. The van der Waals surface area contributed by atoms with Gasteiger partial charge in [0.2, 0.25) is 5.91 Å². The first-order valence-electron chi connectivity index (χ1n) is 7.71. The average Bonchev–Trinajstić information content (AvgIpc) is 2.41. The van der Waals surface area contributed by atoms with Crippen LogP contribution in [-0.4, -0.2) is 66.0 Å². The van der Waals surface area contributed by atoms with Gasteiger partial charge in [-0.2, -0.15) is 0 Å². The first-order chi connectivity index (χ1) is 10.2. The lowest BCUT2D eigenvalue weighted by Gasteiger charge is -2.37. The van der Waals surface area contributed by atoms with Crippen LogP contribution in [0.25, 0.3) is 0 Å². The third kappa shape index (κ3) is 5.54. The summed E-state index contributed by atoms with van der Waals surface area (Å²) in [6.45, 7) is 7.94. The van der Waals surface area contributed by atoms with Gasteiger partial charge in [0, 0.05) is 32.1 Å². The van der Waals surface area contributed by atoms with Crippen LogP contribution in [0.5, 0.6) is 0 Å². The lowest BCUT2D eigenvalue weighted by Crippen LogP contribution is -2.58. The molecule has 1 aliphatic heterocycles. The zero-order valence-electron chi connectivity index (χ0n) is 14.1. The molecule has 0 saturated carbocycles. The number of esters is 1. The maximum absolute atomic E-state index is 12.2. The van der Waals surface area contributed by atoms with E-state index in [4.69, 9.17) is 4.74 Å². The first-order valence-corrected chi connectivity index (χ1v) is 7.71. The number of urea groups is 1. The van der Waals surface area contributed by atoms with Gasteiger partial charge in [0.25, 0.3) is 0 Å². The third-order valence-electron chi connectivity index (χ3n) is 3.67. The van der Waals surface area contributed by atoms with Gasteiger partial charge in [-0.1, -0.05) is 0 Å². The quantitative estimate of drug-likeness (QED) is 0.767. The fourth-order valence-electron chi connectivity index (χ4n) is 2.21. The molecule has 0 unspecified atom stereocenters. The molecule has 0 aromatic rings. The Bertz CT molecular complexity index is 425. The molecule has 126 valence electrons. The Labute approximate surface area is 132 Å². The number of ether oxygens (including phenoxy) is 1. The summed E-state index contributed by atoms with van der Waals surface area (Å²) in [5.41, 5.74) is 0. The lowest BCUT2D eigenvalue weighted by molar-refractivity contribution is -0.147. The summed E-state index contributed by atoms with van der Waals surface area (Å²) in [6, 6.07) is -0.418. The van der Waals surface area contributed by atoms with E-state index in [0.29, 0.717) is 13.0 Å². The summed E-state index contributed by atoms with van der Waals surface area (Å²) in [6.07, 6.45) is 0.641. The van der Waals surface area contributed by atoms with Crippen molar-refractivity contribution in [3.05, 3.63) is 0 Å². The zero-order valence-corrected chi connectivity index (χ0v) is 14.1. The van der Waals surface area contributed by atoms with Gasteiger partial charge in [-0.05, 0) is 34.1 Å². The summed E-state index contributed by atoms with van der Waals surface area (Å²) >= 11 is 0. The summed E-state index contributed by atoms with van der Waals surface area (Å²) in [5, 5.41) is 2.82. The van der Waals surface area contributed by atoms with Gasteiger partial charge in [-0.3, -0.25) is 9.59 Å². The van der Waals surface area contributed by atoms with Crippen molar-refractivity contribution in [2.24, 2.45) is 0 Å². The number of amides is 3. The van der Waals surface area contributed by atoms with Crippen LogP contribution in [0.2, 0.25) is 0 Å². The Morgan fingerprint density at radius 2 is 2.00 bits per heavy atom. The van der Waals surface area contributed by atoms with Crippen molar-refractivity contribution < 1.29 is 19.1 Å². The molecule has 7 heteroatoms. The van der Waals surface area contributed by atoms with Crippen molar-refractivity contribution in [3.63, 3.8) is 0 Å². The minimum atomic E-state index is -0.266. The van der Waals surface area contributed by atoms with Crippen molar-refractivity contribution >= 4 is 17.9 Å². The number of piperazine rings is 1. The molecule has 1 rings (SSSR count). The standard InChI is InChI=1S/C15H27N3O4/c1-10(2)22-14(20)7-6-11(3)16-15(21)18-8-12(4)17(5)13(19)9-18/h10-12H,6-9H2,1-5H3,(H,16,21)/t11-,12+/m1/s1. The highest BCUT2D eigenvalue weighted by molar-refractivity contribution is 5.85. The number of nitrogens with one attached hydrogen (secondary N) is 1. The molecule has 3 amide bonds. The number of likely N-dealkylation sites (N-methyl/N-ethyl adjacent to an activating group) is 1. The molecule has 7 nitrogen and oxygen atoms in total. The van der Waals surface area contributed by atoms with Crippen LogP contribution < -0.4 is 5.32 Å². The van der Waals surface area contributed by atoms with Crippen LogP contribution in [0.15, 0.2) is 0 Å². The van der Waals surface area contributed by atoms with E-state index >= 15 is 0 Å². The molecule has 22 heavy (non-hydrogen) atoms. The maximum Gasteiger partial charge on any atom is 0.318 e. The van der Waals surface area contributed by atoms with E-state index < -0.39 is 0 Å². The number of rotatable bonds is 5. The topological polar surface area (TPSA) is 79.0 Å². The summed E-state index contributed by atoms with van der Waals surface area (Å²) in [5.74, 6) is -0.332. The molecule has 0 aromatic carbocycles. The molecule has 0 aromatic heterocycles. The molecule has 1 heterocycles. The number of hydrogen-bond acceptors (Lipinski definition) is 4. The van der Waals surface area contributed by atoms with E-state index in [1.807, 2.05) is 13.8 Å². The number of carbonyl (C=O) groups is 3.